The lowest BCUT2D eigenvalue weighted by Crippen LogP contribution is -2.13. The fourth-order valence-corrected chi connectivity index (χ4v) is 2.62. The lowest BCUT2D eigenvalue weighted by molar-refractivity contribution is 0.102. The highest BCUT2D eigenvalue weighted by Crippen LogP contribution is 2.19. The number of anilines is 1. The molecule has 5 heteroatoms. The predicted octanol–water partition coefficient (Wildman–Crippen LogP) is 2.96. The third kappa shape index (κ3) is 3.49. The first-order chi connectivity index (χ1) is 9.79. The van der Waals surface area contributed by atoms with Crippen LogP contribution in [-0.2, 0) is 9.84 Å². The van der Waals surface area contributed by atoms with Gasteiger partial charge in [0.05, 0.1) is 4.90 Å². The summed E-state index contributed by atoms with van der Waals surface area (Å²) in [4.78, 5) is 12.4. The van der Waals surface area contributed by atoms with E-state index in [0.717, 1.165) is 23.1 Å². The molecule has 0 aliphatic carbocycles. The Bertz CT molecular complexity index is 795. The zero-order chi connectivity index (χ0) is 15.6. The van der Waals surface area contributed by atoms with Gasteiger partial charge in [-0.3, -0.25) is 4.79 Å². The number of nitrogens with one attached hydrogen (secondary N) is 1. The third-order valence-electron chi connectivity index (χ3n) is 3.38. The second-order valence-electron chi connectivity index (χ2n) is 5.00. The maximum Gasteiger partial charge on any atom is 0.255 e. The van der Waals surface area contributed by atoms with E-state index in [-0.39, 0.29) is 10.8 Å². The molecule has 0 atom stereocenters. The van der Waals surface area contributed by atoms with Gasteiger partial charge in [-0.25, -0.2) is 8.42 Å². The van der Waals surface area contributed by atoms with Crippen LogP contribution >= 0.6 is 0 Å². The topological polar surface area (TPSA) is 63.2 Å². The minimum atomic E-state index is -3.33. The van der Waals surface area contributed by atoms with Crippen molar-refractivity contribution in [1.29, 1.82) is 0 Å². The molecule has 0 aliphatic heterocycles. The zero-order valence-electron chi connectivity index (χ0n) is 12.2. The van der Waals surface area contributed by atoms with E-state index in [4.69, 9.17) is 0 Å². The summed E-state index contributed by atoms with van der Waals surface area (Å²) >= 11 is 0. The van der Waals surface area contributed by atoms with Crippen LogP contribution in [0.2, 0.25) is 0 Å². The number of sulfone groups is 1. The van der Waals surface area contributed by atoms with Gasteiger partial charge in [0.25, 0.3) is 5.91 Å². The molecule has 0 unspecified atom stereocenters. The number of aryl methyl sites for hydroxylation is 1. The largest absolute Gasteiger partial charge is 0.322 e. The molecule has 0 heterocycles. The normalized spacial score (nSPS) is 11.2. The Kier molecular flexibility index (Phi) is 4.14. The smallest absolute Gasteiger partial charge is 0.255 e. The predicted molar refractivity (Wildman–Crippen MR) is 83.4 cm³/mol. The molecule has 2 aromatic carbocycles. The number of rotatable bonds is 3. The zero-order valence-corrected chi connectivity index (χ0v) is 13.0. The molecule has 0 fully saturated rings. The molecule has 0 aromatic heterocycles. The molecule has 0 saturated carbocycles. The van der Waals surface area contributed by atoms with Gasteiger partial charge in [0.2, 0.25) is 0 Å². The molecule has 21 heavy (non-hydrogen) atoms. The van der Waals surface area contributed by atoms with Gasteiger partial charge in [-0.1, -0.05) is 18.2 Å². The molecule has 0 spiro atoms. The molecule has 2 aromatic rings. The summed E-state index contributed by atoms with van der Waals surface area (Å²) in [6.45, 7) is 3.90. The fraction of sp³-hybridized carbons (Fsp3) is 0.188. The highest BCUT2D eigenvalue weighted by atomic mass is 32.2. The molecule has 0 saturated heterocycles. The van der Waals surface area contributed by atoms with Crippen molar-refractivity contribution in [3.05, 3.63) is 59.2 Å². The van der Waals surface area contributed by atoms with E-state index < -0.39 is 9.84 Å². The number of benzene rings is 2. The summed E-state index contributed by atoms with van der Waals surface area (Å²) in [5.74, 6) is -0.325. The number of hydrogen-bond donors (Lipinski definition) is 1. The van der Waals surface area contributed by atoms with Crippen molar-refractivity contribution in [1.82, 2.24) is 0 Å². The first-order valence-corrected chi connectivity index (χ1v) is 8.36. The fourth-order valence-electron chi connectivity index (χ4n) is 1.95. The number of carbonyl (C=O) groups is 1. The minimum Gasteiger partial charge on any atom is -0.322 e. The summed E-state index contributed by atoms with van der Waals surface area (Å²) < 4.78 is 23.1. The number of carbonyl (C=O) groups excluding carboxylic acids is 1. The van der Waals surface area contributed by atoms with Crippen LogP contribution in [0.25, 0.3) is 0 Å². The van der Waals surface area contributed by atoms with Crippen molar-refractivity contribution in [3.63, 3.8) is 0 Å². The summed E-state index contributed by atoms with van der Waals surface area (Å²) in [7, 11) is -3.33. The van der Waals surface area contributed by atoms with Crippen molar-refractivity contribution in [2.75, 3.05) is 11.6 Å². The second-order valence-corrected chi connectivity index (χ2v) is 7.02. The lowest BCUT2D eigenvalue weighted by atomic mass is 10.1. The molecule has 0 aliphatic rings. The van der Waals surface area contributed by atoms with E-state index in [2.05, 4.69) is 5.32 Å². The molecule has 0 bridgehead atoms. The first-order valence-electron chi connectivity index (χ1n) is 6.47. The van der Waals surface area contributed by atoms with Crippen LogP contribution in [0.1, 0.15) is 21.5 Å². The van der Waals surface area contributed by atoms with E-state index in [1.807, 2.05) is 32.0 Å². The summed E-state index contributed by atoms with van der Waals surface area (Å²) in [6.07, 6.45) is 1.12. The van der Waals surface area contributed by atoms with Crippen LogP contribution in [0.5, 0.6) is 0 Å². The van der Waals surface area contributed by atoms with Crippen LogP contribution in [0.3, 0.4) is 0 Å². The van der Waals surface area contributed by atoms with Gasteiger partial charge in [-0.2, -0.15) is 0 Å². The van der Waals surface area contributed by atoms with Crippen LogP contribution in [0.15, 0.2) is 47.4 Å². The lowest BCUT2D eigenvalue weighted by Gasteiger charge is -2.10. The van der Waals surface area contributed by atoms with Crippen molar-refractivity contribution in [2.24, 2.45) is 0 Å². The molecule has 2 rings (SSSR count). The molecular weight excluding hydrogens is 286 g/mol. The van der Waals surface area contributed by atoms with Crippen LogP contribution in [0.4, 0.5) is 5.69 Å². The van der Waals surface area contributed by atoms with Gasteiger partial charge in [0, 0.05) is 17.5 Å². The average Bonchev–Trinajstić information content (AvgIpc) is 2.43. The Hall–Kier alpha value is -2.14. The summed E-state index contributed by atoms with van der Waals surface area (Å²) in [6, 6.07) is 11.7. The molecule has 0 radical (unpaired) electrons. The van der Waals surface area contributed by atoms with Gasteiger partial charge in [0.15, 0.2) is 9.84 Å². The Morgan fingerprint density at radius 3 is 2.38 bits per heavy atom. The SMILES string of the molecule is Cc1cccc(NC(=O)c2cccc(S(C)(=O)=O)c2)c1C. The maximum atomic E-state index is 12.3. The molecule has 4 nitrogen and oxygen atoms in total. The van der Waals surface area contributed by atoms with E-state index >= 15 is 0 Å². The summed E-state index contributed by atoms with van der Waals surface area (Å²) in [5.41, 5.74) is 3.12. The maximum absolute atomic E-state index is 12.3. The molecule has 1 N–H and O–H groups in total. The standard InChI is InChI=1S/C16H17NO3S/c1-11-6-4-9-15(12(11)2)17-16(18)13-7-5-8-14(10-13)21(3,19)20/h4-10H,1-3H3,(H,17,18). The van der Waals surface area contributed by atoms with Crippen molar-refractivity contribution < 1.29 is 13.2 Å². The molecule has 110 valence electrons. The Morgan fingerprint density at radius 1 is 1.05 bits per heavy atom. The minimum absolute atomic E-state index is 0.135. The van der Waals surface area contributed by atoms with Gasteiger partial charge in [-0.05, 0) is 49.2 Å². The van der Waals surface area contributed by atoms with Crippen LogP contribution in [0, 0.1) is 13.8 Å². The van der Waals surface area contributed by atoms with Crippen molar-refractivity contribution in [3.8, 4) is 0 Å². The monoisotopic (exact) mass is 303 g/mol. The van der Waals surface area contributed by atoms with Crippen LogP contribution in [-0.4, -0.2) is 20.6 Å². The van der Waals surface area contributed by atoms with Gasteiger partial charge >= 0.3 is 0 Å². The number of hydrogen-bond acceptors (Lipinski definition) is 3. The van der Waals surface area contributed by atoms with E-state index in [1.54, 1.807) is 12.1 Å². The van der Waals surface area contributed by atoms with E-state index in [9.17, 15) is 13.2 Å². The second kappa shape index (κ2) is 5.69. The van der Waals surface area contributed by atoms with E-state index in [1.165, 1.54) is 12.1 Å². The summed E-state index contributed by atoms with van der Waals surface area (Å²) in [5, 5.41) is 2.81. The third-order valence-corrected chi connectivity index (χ3v) is 4.49. The van der Waals surface area contributed by atoms with Crippen LogP contribution < -0.4 is 5.32 Å². The van der Waals surface area contributed by atoms with Gasteiger partial charge in [-0.15, -0.1) is 0 Å². The van der Waals surface area contributed by atoms with Crippen molar-refractivity contribution >= 4 is 21.4 Å². The Labute approximate surface area is 124 Å². The van der Waals surface area contributed by atoms with Crippen molar-refractivity contribution in [2.45, 2.75) is 18.7 Å². The van der Waals surface area contributed by atoms with Gasteiger partial charge < -0.3 is 5.32 Å². The highest BCUT2D eigenvalue weighted by Gasteiger charge is 2.12. The Balaban J connectivity index is 2.31. The quantitative estimate of drug-likeness (QED) is 0.948. The van der Waals surface area contributed by atoms with E-state index in [0.29, 0.717) is 5.56 Å². The number of amides is 1. The molecular formula is C16H17NO3S. The van der Waals surface area contributed by atoms with Gasteiger partial charge in [0.1, 0.15) is 0 Å². The first kappa shape index (κ1) is 15.3. The molecule has 1 amide bonds. The average molecular weight is 303 g/mol. The highest BCUT2D eigenvalue weighted by molar-refractivity contribution is 7.90. The Morgan fingerprint density at radius 2 is 1.71 bits per heavy atom.